The number of rotatable bonds is 4. The van der Waals surface area contributed by atoms with Gasteiger partial charge in [-0.3, -0.25) is 4.79 Å². The van der Waals surface area contributed by atoms with Crippen LogP contribution in [0.4, 0.5) is 11.6 Å². The number of nitriles is 1. The summed E-state index contributed by atoms with van der Waals surface area (Å²) in [4.78, 5) is 20.4. The van der Waals surface area contributed by atoms with Crippen LogP contribution in [0.25, 0.3) is 0 Å². The third kappa shape index (κ3) is 3.83. The number of anilines is 2. The van der Waals surface area contributed by atoms with Gasteiger partial charge >= 0.3 is 0 Å². The standard InChI is InChI=1S/C17H17N5O/c18-9-12-5-7-15(8-6-12)22-17-19-10-13(11-20-17)16(23)21-14-3-1-2-4-14/h5-8,10-11,14H,1-4H2,(H,21,23)(H,19,20,22). The van der Waals surface area contributed by atoms with Crippen molar-refractivity contribution in [2.45, 2.75) is 31.7 Å². The van der Waals surface area contributed by atoms with E-state index in [1.807, 2.05) is 0 Å². The Labute approximate surface area is 134 Å². The van der Waals surface area contributed by atoms with Gasteiger partial charge in [-0.2, -0.15) is 5.26 Å². The second-order valence-electron chi connectivity index (χ2n) is 5.56. The Balaban J connectivity index is 1.61. The van der Waals surface area contributed by atoms with E-state index < -0.39 is 0 Å². The average molecular weight is 307 g/mol. The monoisotopic (exact) mass is 307 g/mol. The molecule has 1 aromatic heterocycles. The van der Waals surface area contributed by atoms with Gasteiger partial charge in [0.1, 0.15) is 0 Å². The predicted molar refractivity (Wildman–Crippen MR) is 86.2 cm³/mol. The van der Waals surface area contributed by atoms with Gasteiger partial charge in [-0.25, -0.2) is 9.97 Å². The molecule has 6 nitrogen and oxygen atoms in total. The van der Waals surface area contributed by atoms with Gasteiger partial charge < -0.3 is 10.6 Å². The number of aromatic nitrogens is 2. The van der Waals surface area contributed by atoms with Crippen molar-refractivity contribution in [1.82, 2.24) is 15.3 Å². The van der Waals surface area contributed by atoms with E-state index in [0.717, 1.165) is 18.5 Å². The number of hydrogen-bond donors (Lipinski definition) is 2. The van der Waals surface area contributed by atoms with Crippen molar-refractivity contribution in [3.05, 3.63) is 47.8 Å². The van der Waals surface area contributed by atoms with E-state index in [2.05, 4.69) is 26.7 Å². The molecule has 3 rings (SSSR count). The van der Waals surface area contributed by atoms with Crippen LogP contribution in [0.2, 0.25) is 0 Å². The highest BCUT2D eigenvalue weighted by molar-refractivity contribution is 5.93. The van der Waals surface area contributed by atoms with Crippen LogP contribution in [-0.2, 0) is 0 Å². The molecule has 2 N–H and O–H groups in total. The van der Waals surface area contributed by atoms with Crippen LogP contribution in [0.3, 0.4) is 0 Å². The molecule has 0 bridgehead atoms. The maximum absolute atomic E-state index is 12.1. The third-order valence-electron chi connectivity index (χ3n) is 3.87. The summed E-state index contributed by atoms with van der Waals surface area (Å²) in [6.45, 7) is 0. The van der Waals surface area contributed by atoms with Crippen molar-refractivity contribution >= 4 is 17.5 Å². The number of carbonyl (C=O) groups is 1. The molecule has 1 fully saturated rings. The second-order valence-corrected chi connectivity index (χ2v) is 5.56. The maximum Gasteiger partial charge on any atom is 0.254 e. The van der Waals surface area contributed by atoms with Gasteiger partial charge in [0.2, 0.25) is 5.95 Å². The quantitative estimate of drug-likeness (QED) is 0.906. The largest absolute Gasteiger partial charge is 0.349 e. The summed E-state index contributed by atoms with van der Waals surface area (Å²) in [7, 11) is 0. The lowest BCUT2D eigenvalue weighted by atomic mass is 10.2. The fourth-order valence-electron chi connectivity index (χ4n) is 2.61. The zero-order valence-corrected chi connectivity index (χ0v) is 12.6. The molecule has 1 saturated carbocycles. The van der Waals surface area contributed by atoms with E-state index >= 15 is 0 Å². The summed E-state index contributed by atoms with van der Waals surface area (Å²) in [6, 6.07) is 9.33. The van der Waals surface area contributed by atoms with Crippen molar-refractivity contribution in [1.29, 1.82) is 5.26 Å². The summed E-state index contributed by atoms with van der Waals surface area (Å²) in [5.41, 5.74) is 1.84. The fourth-order valence-corrected chi connectivity index (χ4v) is 2.61. The van der Waals surface area contributed by atoms with E-state index in [1.165, 1.54) is 25.2 Å². The summed E-state index contributed by atoms with van der Waals surface area (Å²) in [6.07, 6.45) is 7.48. The summed E-state index contributed by atoms with van der Waals surface area (Å²) in [5.74, 6) is 0.286. The molecule has 0 unspecified atom stereocenters. The highest BCUT2D eigenvalue weighted by atomic mass is 16.1. The molecule has 23 heavy (non-hydrogen) atoms. The minimum atomic E-state index is -0.123. The SMILES string of the molecule is N#Cc1ccc(Nc2ncc(C(=O)NC3CCCC3)cn2)cc1. The molecule has 6 heteroatoms. The summed E-state index contributed by atoms with van der Waals surface area (Å²) < 4.78 is 0. The van der Waals surface area contributed by atoms with Crippen LogP contribution in [-0.4, -0.2) is 21.9 Å². The number of hydrogen-bond acceptors (Lipinski definition) is 5. The van der Waals surface area contributed by atoms with Crippen LogP contribution in [0.1, 0.15) is 41.6 Å². The molecular formula is C17H17N5O. The minimum Gasteiger partial charge on any atom is -0.349 e. The van der Waals surface area contributed by atoms with E-state index in [0.29, 0.717) is 17.1 Å². The maximum atomic E-state index is 12.1. The molecule has 0 radical (unpaired) electrons. The Morgan fingerprint density at radius 2 is 1.78 bits per heavy atom. The predicted octanol–water partition coefficient (Wildman–Crippen LogP) is 2.76. The molecule has 1 amide bonds. The average Bonchev–Trinajstić information content (AvgIpc) is 3.09. The first-order valence-electron chi connectivity index (χ1n) is 7.65. The van der Waals surface area contributed by atoms with Crippen molar-refractivity contribution in [2.75, 3.05) is 5.32 Å². The summed E-state index contributed by atoms with van der Waals surface area (Å²) in [5, 5.41) is 14.8. The fraction of sp³-hybridized carbons (Fsp3) is 0.294. The van der Waals surface area contributed by atoms with Gasteiger partial charge in [-0.15, -0.1) is 0 Å². The van der Waals surface area contributed by atoms with Gasteiger partial charge in [0.25, 0.3) is 5.91 Å². The Kier molecular flexibility index (Phi) is 4.48. The zero-order chi connectivity index (χ0) is 16.1. The van der Waals surface area contributed by atoms with Crippen molar-refractivity contribution in [2.24, 2.45) is 0 Å². The molecule has 0 saturated heterocycles. The summed E-state index contributed by atoms with van der Waals surface area (Å²) >= 11 is 0. The van der Waals surface area contributed by atoms with Gasteiger partial charge in [-0.05, 0) is 37.1 Å². The third-order valence-corrected chi connectivity index (χ3v) is 3.87. The Bertz CT molecular complexity index is 712. The Morgan fingerprint density at radius 3 is 2.39 bits per heavy atom. The van der Waals surface area contributed by atoms with Gasteiger partial charge in [0.05, 0.1) is 17.2 Å². The molecule has 1 aromatic carbocycles. The topological polar surface area (TPSA) is 90.7 Å². The van der Waals surface area contributed by atoms with Gasteiger partial charge in [0, 0.05) is 24.1 Å². The van der Waals surface area contributed by atoms with Crippen molar-refractivity contribution in [3.8, 4) is 6.07 Å². The van der Waals surface area contributed by atoms with Gasteiger partial charge in [0.15, 0.2) is 0 Å². The van der Waals surface area contributed by atoms with E-state index in [4.69, 9.17) is 5.26 Å². The first-order valence-corrected chi connectivity index (χ1v) is 7.65. The molecule has 1 heterocycles. The van der Waals surface area contributed by atoms with Crippen LogP contribution < -0.4 is 10.6 Å². The lowest BCUT2D eigenvalue weighted by molar-refractivity contribution is 0.0937. The molecular weight excluding hydrogens is 290 g/mol. The lowest BCUT2D eigenvalue weighted by Crippen LogP contribution is -2.32. The molecule has 1 aliphatic rings. The zero-order valence-electron chi connectivity index (χ0n) is 12.6. The van der Waals surface area contributed by atoms with Crippen LogP contribution >= 0.6 is 0 Å². The number of nitrogens with zero attached hydrogens (tertiary/aromatic N) is 3. The highest BCUT2D eigenvalue weighted by Gasteiger charge is 2.18. The first kappa shape index (κ1) is 15.0. The van der Waals surface area contributed by atoms with Crippen LogP contribution in [0.5, 0.6) is 0 Å². The number of amides is 1. The first-order chi connectivity index (χ1) is 11.2. The number of carbonyl (C=O) groups excluding carboxylic acids is 1. The second kappa shape index (κ2) is 6.88. The van der Waals surface area contributed by atoms with Crippen molar-refractivity contribution in [3.63, 3.8) is 0 Å². The van der Waals surface area contributed by atoms with Crippen LogP contribution in [0.15, 0.2) is 36.7 Å². The molecule has 0 aliphatic heterocycles. The normalized spacial score (nSPS) is 14.2. The van der Waals surface area contributed by atoms with Gasteiger partial charge in [-0.1, -0.05) is 12.8 Å². The lowest BCUT2D eigenvalue weighted by Gasteiger charge is -2.11. The Hall–Kier alpha value is -2.94. The molecule has 0 spiro atoms. The molecule has 0 atom stereocenters. The molecule has 116 valence electrons. The molecule has 1 aliphatic carbocycles. The van der Waals surface area contributed by atoms with Crippen LogP contribution in [0, 0.1) is 11.3 Å². The smallest absolute Gasteiger partial charge is 0.254 e. The van der Waals surface area contributed by atoms with E-state index in [1.54, 1.807) is 24.3 Å². The molecule has 2 aromatic rings. The number of nitrogens with one attached hydrogen (secondary N) is 2. The Morgan fingerprint density at radius 1 is 1.13 bits per heavy atom. The minimum absolute atomic E-state index is 0.123. The van der Waals surface area contributed by atoms with Crippen molar-refractivity contribution < 1.29 is 4.79 Å². The van der Waals surface area contributed by atoms with E-state index in [9.17, 15) is 4.79 Å². The highest BCUT2D eigenvalue weighted by Crippen LogP contribution is 2.18. The van der Waals surface area contributed by atoms with E-state index in [-0.39, 0.29) is 11.9 Å². The number of benzene rings is 1.